The monoisotopic (exact) mass is 388 g/mol. The molecular formula is C22H20N4O3. The van der Waals surface area contributed by atoms with E-state index in [1.807, 2.05) is 66.1 Å². The van der Waals surface area contributed by atoms with Crippen molar-refractivity contribution in [3.63, 3.8) is 0 Å². The predicted octanol–water partition coefficient (Wildman–Crippen LogP) is 4.39. The van der Waals surface area contributed by atoms with Gasteiger partial charge in [0.15, 0.2) is 11.6 Å². The number of rotatable bonds is 7. The number of amides is 1. The van der Waals surface area contributed by atoms with Crippen LogP contribution in [0.25, 0.3) is 11.4 Å². The first-order chi connectivity index (χ1) is 14.2. The maximum Gasteiger partial charge on any atom is 0.291 e. The first-order valence-corrected chi connectivity index (χ1v) is 9.29. The average molecular weight is 388 g/mol. The fourth-order valence-corrected chi connectivity index (χ4v) is 2.89. The van der Waals surface area contributed by atoms with E-state index in [-0.39, 0.29) is 18.3 Å². The van der Waals surface area contributed by atoms with Gasteiger partial charge in [0.2, 0.25) is 0 Å². The van der Waals surface area contributed by atoms with Gasteiger partial charge in [0.05, 0.1) is 0 Å². The Morgan fingerprint density at radius 2 is 1.97 bits per heavy atom. The van der Waals surface area contributed by atoms with Crippen LogP contribution in [0.4, 0.5) is 5.69 Å². The van der Waals surface area contributed by atoms with Crippen LogP contribution in [0.5, 0.6) is 5.75 Å². The second kappa shape index (κ2) is 8.43. The van der Waals surface area contributed by atoms with Crippen molar-refractivity contribution < 1.29 is 13.9 Å². The van der Waals surface area contributed by atoms with Gasteiger partial charge in [-0.1, -0.05) is 30.3 Å². The lowest BCUT2D eigenvalue weighted by atomic mass is 10.2. The highest BCUT2D eigenvalue weighted by Crippen LogP contribution is 2.22. The molecule has 7 nitrogen and oxygen atoms in total. The van der Waals surface area contributed by atoms with E-state index in [0.29, 0.717) is 11.4 Å². The molecule has 29 heavy (non-hydrogen) atoms. The zero-order valence-corrected chi connectivity index (χ0v) is 15.9. The number of ether oxygens (including phenoxy) is 1. The molecule has 1 N–H and O–H groups in total. The lowest BCUT2D eigenvalue weighted by Gasteiger charge is -2.07. The van der Waals surface area contributed by atoms with Gasteiger partial charge >= 0.3 is 0 Å². The van der Waals surface area contributed by atoms with Crippen LogP contribution >= 0.6 is 0 Å². The van der Waals surface area contributed by atoms with E-state index in [2.05, 4.69) is 15.5 Å². The minimum absolute atomic E-state index is 0.221. The van der Waals surface area contributed by atoms with Crippen LogP contribution in [-0.2, 0) is 13.2 Å². The van der Waals surface area contributed by atoms with Gasteiger partial charge in [-0.3, -0.25) is 4.79 Å². The quantitative estimate of drug-likeness (QED) is 0.508. The normalized spacial score (nSPS) is 10.7. The standard InChI is InChI=1S/C22H20N4O3/c1-2-26-15-23-25-21(26)16-7-6-8-17(13-16)24-22(27)20-12-11-19(29-20)14-28-18-9-4-3-5-10-18/h3-13,15H,2,14H2,1H3,(H,24,27). The van der Waals surface area contributed by atoms with Crippen LogP contribution in [0, 0.1) is 0 Å². The van der Waals surface area contributed by atoms with Crippen molar-refractivity contribution in [2.24, 2.45) is 0 Å². The SMILES string of the molecule is CCn1cnnc1-c1cccc(NC(=O)c2ccc(COc3ccccc3)o2)c1. The number of carbonyl (C=O) groups is 1. The van der Waals surface area contributed by atoms with Gasteiger partial charge in [-0.25, -0.2) is 0 Å². The maximum absolute atomic E-state index is 12.5. The molecule has 0 spiro atoms. The Balaban J connectivity index is 1.42. The highest BCUT2D eigenvalue weighted by molar-refractivity contribution is 6.02. The first-order valence-electron chi connectivity index (χ1n) is 9.29. The Bertz CT molecular complexity index is 1100. The molecule has 0 bridgehead atoms. The van der Waals surface area contributed by atoms with E-state index < -0.39 is 0 Å². The highest BCUT2D eigenvalue weighted by Gasteiger charge is 2.13. The zero-order chi connectivity index (χ0) is 20.1. The van der Waals surface area contributed by atoms with Crippen LogP contribution in [-0.4, -0.2) is 20.7 Å². The topological polar surface area (TPSA) is 82.2 Å². The summed E-state index contributed by atoms with van der Waals surface area (Å²) >= 11 is 0. The van der Waals surface area contributed by atoms with Crippen molar-refractivity contribution in [1.82, 2.24) is 14.8 Å². The predicted molar refractivity (Wildman–Crippen MR) is 109 cm³/mol. The summed E-state index contributed by atoms with van der Waals surface area (Å²) in [5.41, 5.74) is 1.52. The van der Waals surface area contributed by atoms with Crippen LogP contribution < -0.4 is 10.1 Å². The summed E-state index contributed by atoms with van der Waals surface area (Å²) in [6.45, 7) is 3.03. The molecule has 2 aromatic heterocycles. The summed E-state index contributed by atoms with van der Waals surface area (Å²) in [6.07, 6.45) is 1.68. The molecule has 0 radical (unpaired) electrons. The van der Waals surface area contributed by atoms with E-state index in [4.69, 9.17) is 9.15 Å². The molecule has 0 unspecified atom stereocenters. The minimum Gasteiger partial charge on any atom is -0.486 e. The van der Waals surface area contributed by atoms with Crippen LogP contribution in [0.2, 0.25) is 0 Å². The molecule has 0 aliphatic heterocycles. The van der Waals surface area contributed by atoms with Crippen molar-refractivity contribution >= 4 is 11.6 Å². The lowest BCUT2D eigenvalue weighted by molar-refractivity contribution is 0.0992. The molecule has 0 atom stereocenters. The molecular weight excluding hydrogens is 368 g/mol. The van der Waals surface area contributed by atoms with Crippen molar-refractivity contribution in [3.05, 3.63) is 84.6 Å². The van der Waals surface area contributed by atoms with Crippen molar-refractivity contribution in [2.45, 2.75) is 20.1 Å². The first kappa shape index (κ1) is 18.5. The number of aryl methyl sites for hydroxylation is 1. The number of benzene rings is 2. The number of para-hydroxylation sites is 1. The fourth-order valence-electron chi connectivity index (χ4n) is 2.89. The van der Waals surface area contributed by atoms with E-state index in [1.165, 1.54) is 0 Å². The van der Waals surface area contributed by atoms with Crippen molar-refractivity contribution in [1.29, 1.82) is 0 Å². The third-order valence-electron chi connectivity index (χ3n) is 4.34. The van der Waals surface area contributed by atoms with E-state index in [0.717, 1.165) is 23.7 Å². The number of aromatic nitrogens is 3. The number of furan rings is 1. The van der Waals surface area contributed by atoms with Gasteiger partial charge in [0.25, 0.3) is 5.91 Å². The number of hydrogen-bond donors (Lipinski definition) is 1. The Kier molecular flexibility index (Phi) is 5.38. The number of nitrogens with zero attached hydrogens (tertiary/aromatic N) is 3. The Hall–Kier alpha value is -3.87. The van der Waals surface area contributed by atoms with Gasteiger partial charge < -0.3 is 19.0 Å². The molecule has 0 aliphatic rings. The third kappa shape index (κ3) is 4.35. The van der Waals surface area contributed by atoms with Gasteiger partial charge in [-0.15, -0.1) is 10.2 Å². The summed E-state index contributed by atoms with van der Waals surface area (Å²) in [5.74, 6) is 1.96. The molecule has 2 heterocycles. The summed E-state index contributed by atoms with van der Waals surface area (Å²) < 4.78 is 13.2. The van der Waals surface area contributed by atoms with E-state index in [9.17, 15) is 4.79 Å². The number of carbonyl (C=O) groups excluding carboxylic acids is 1. The molecule has 0 aliphatic carbocycles. The second-order valence-electron chi connectivity index (χ2n) is 6.34. The van der Waals surface area contributed by atoms with Crippen LogP contribution in [0.1, 0.15) is 23.2 Å². The zero-order valence-electron chi connectivity index (χ0n) is 15.9. The molecule has 7 heteroatoms. The fraction of sp³-hybridized carbons (Fsp3) is 0.136. The molecule has 0 saturated heterocycles. The summed E-state index contributed by atoms with van der Waals surface area (Å²) in [7, 11) is 0. The summed E-state index contributed by atoms with van der Waals surface area (Å²) in [6, 6.07) is 20.3. The van der Waals surface area contributed by atoms with E-state index >= 15 is 0 Å². The number of anilines is 1. The van der Waals surface area contributed by atoms with Gasteiger partial charge in [0.1, 0.15) is 24.4 Å². The Morgan fingerprint density at radius 3 is 2.79 bits per heavy atom. The molecule has 146 valence electrons. The summed E-state index contributed by atoms with van der Waals surface area (Å²) in [5, 5.41) is 11.0. The van der Waals surface area contributed by atoms with Crippen LogP contribution in [0.3, 0.4) is 0 Å². The highest BCUT2D eigenvalue weighted by atomic mass is 16.5. The van der Waals surface area contributed by atoms with E-state index in [1.54, 1.807) is 18.5 Å². The smallest absolute Gasteiger partial charge is 0.291 e. The Labute approximate surface area is 168 Å². The van der Waals surface area contributed by atoms with Gasteiger partial charge in [-0.05, 0) is 43.3 Å². The third-order valence-corrected chi connectivity index (χ3v) is 4.34. The number of nitrogens with one attached hydrogen (secondary N) is 1. The Morgan fingerprint density at radius 1 is 1.10 bits per heavy atom. The van der Waals surface area contributed by atoms with Gasteiger partial charge in [-0.2, -0.15) is 0 Å². The molecule has 0 saturated carbocycles. The molecule has 2 aromatic carbocycles. The van der Waals surface area contributed by atoms with Crippen molar-refractivity contribution in [2.75, 3.05) is 5.32 Å². The number of hydrogen-bond acceptors (Lipinski definition) is 5. The second-order valence-corrected chi connectivity index (χ2v) is 6.34. The largest absolute Gasteiger partial charge is 0.486 e. The minimum atomic E-state index is -0.329. The molecule has 4 rings (SSSR count). The molecule has 1 amide bonds. The summed E-state index contributed by atoms with van der Waals surface area (Å²) in [4.78, 5) is 12.5. The van der Waals surface area contributed by atoms with Gasteiger partial charge in [0, 0.05) is 17.8 Å². The average Bonchev–Trinajstić information content (AvgIpc) is 3.43. The molecule has 0 fully saturated rings. The maximum atomic E-state index is 12.5. The van der Waals surface area contributed by atoms with Crippen LogP contribution in [0.15, 0.2) is 77.5 Å². The molecule has 4 aromatic rings. The van der Waals surface area contributed by atoms with Crippen molar-refractivity contribution in [3.8, 4) is 17.1 Å². The lowest BCUT2D eigenvalue weighted by Crippen LogP contribution is -2.11.